The van der Waals surface area contributed by atoms with Crippen molar-refractivity contribution in [3.63, 3.8) is 0 Å². The van der Waals surface area contributed by atoms with Crippen molar-refractivity contribution >= 4 is 22.8 Å². The lowest BCUT2D eigenvalue weighted by Gasteiger charge is -2.35. The molecule has 2 aromatic rings. The van der Waals surface area contributed by atoms with E-state index in [0.29, 0.717) is 24.7 Å². The largest absolute Gasteiger partial charge is 0.484 e. The van der Waals surface area contributed by atoms with Crippen molar-refractivity contribution in [3.05, 3.63) is 29.5 Å². The van der Waals surface area contributed by atoms with Crippen molar-refractivity contribution in [2.24, 2.45) is 5.92 Å². The number of aryl methyl sites for hydroxylation is 2. The minimum absolute atomic E-state index is 0.00168. The molecule has 5 rings (SSSR count). The number of rotatable bonds is 4. The Hall–Kier alpha value is -2.50. The first kappa shape index (κ1) is 20.4. The van der Waals surface area contributed by atoms with Gasteiger partial charge in [-0.05, 0) is 69.6 Å². The summed E-state index contributed by atoms with van der Waals surface area (Å²) >= 11 is 0. The van der Waals surface area contributed by atoms with E-state index in [-0.39, 0.29) is 18.4 Å². The van der Waals surface area contributed by atoms with E-state index in [4.69, 9.17) is 9.15 Å². The highest BCUT2D eigenvalue weighted by Gasteiger charge is 2.30. The second-order valence-electron chi connectivity index (χ2n) is 9.20. The monoisotopic (exact) mass is 424 g/mol. The van der Waals surface area contributed by atoms with Crippen molar-refractivity contribution in [1.29, 1.82) is 0 Å². The summed E-state index contributed by atoms with van der Waals surface area (Å²) in [7, 11) is 0. The molecule has 3 heterocycles. The number of fused-ring (bicyclic) bond motifs is 3. The van der Waals surface area contributed by atoms with Gasteiger partial charge in [-0.15, -0.1) is 0 Å². The molecule has 0 atom stereocenters. The molecule has 31 heavy (non-hydrogen) atoms. The number of likely N-dealkylation sites (tertiary alicyclic amines) is 2. The molecule has 6 heteroatoms. The summed E-state index contributed by atoms with van der Waals surface area (Å²) in [5, 5.41) is 1.12. The van der Waals surface area contributed by atoms with Crippen molar-refractivity contribution in [2.45, 2.75) is 57.8 Å². The smallest absolute Gasteiger partial charge is 0.260 e. The van der Waals surface area contributed by atoms with Crippen LogP contribution in [0.4, 0.5) is 0 Å². The van der Waals surface area contributed by atoms with E-state index in [0.717, 1.165) is 68.3 Å². The topological polar surface area (TPSA) is 63.0 Å². The van der Waals surface area contributed by atoms with Gasteiger partial charge in [0, 0.05) is 49.5 Å². The highest BCUT2D eigenvalue weighted by molar-refractivity contribution is 5.84. The van der Waals surface area contributed by atoms with Gasteiger partial charge in [0.25, 0.3) is 5.91 Å². The van der Waals surface area contributed by atoms with Crippen molar-refractivity contribution in [1.82, 2.24) is 9.80 Å². The first-order valence-corrected chi connectivity index (χ1v) is 11.9. The first-order valence-electron chi connectivity index (χ1n) is 11.9. The van der Waals surface area contributed by atoms with E-state index in [1.165, 1.54) is 24.8 Å². The van der Waals surface area contributed by atoms with Gasteiger partial charge < -0.3 is 19.0 Å². The molecule has 2 amide bonds. The van der Waals surface area contributed by atoms with Crippen LogP contribution in [0.3, 0.4) is 0 Å². The average molecular weight is 425 g/mol. The molecule has 0 bridgehead atoms. The Morgan fingerprint density at radius 3 is 2.52 bits per heavy atom. The molecule has 3 aliphatic rings. The molecular formula is C25H32N2O4. The molecule has 0 radical (unpaired) electrons. The van der Waals surface area contributed by atoms with Gasteiger partial charge in [0.15, 0.2) is 6.61 Å². The molecule has 2 saturated heterocycles. The number of benzene rings is 1. The van der Waals surface area contributed by atoms with Crippen molar-refractivity contribution < 1.29 is 18.7 Å². The predicted octanol–water partition coefficient (Wildman–Crippen LogP) is 3.94. The number of hydrogen-bond donors (Lipinski definition) is 0. The Labute approximate surface area is 183 Å². The molecule has 0 saturated carbocycles. The van der Waals surface area contributed by atoms with E-state index in [1.54, 1.807) is 0 Å². The number of furan rings is 1. The van der Waals surface area contributed by atoms with Crippen molar-refractivity contribution in [3.8, 4) is 5.75 Å². The van der Waals surface area contributed by atoms with Crippen LogP contribution in [-0.2, 0) is 22.4 Å². The zero-order chi connectivity index (χ0) is 21.2. The Kier molecular flexibility index (Phi) is 5.88. The highest BCUT2D eigenvalue weighted by atomic mass is 16.5. The van der Waals surface area contributed by atoms with Gasteiger partial charge in [0.05, 0.1) is 0 Å². The van der Waals surface area contributed by atoms with E-state index < -0.39 is 0 Å². The van der Waals surface area contributed by atoms with Gasteiger partial charge >= 0.3 is 0 Å². The highest BCUT2D eigenvalue weighted by Crippen LogP contribution is 2.34. The third-order valence-corrected chi connectivity index (χ3v) is 7.15. The van der Waals surface area contributed by atoms with Crippen LogP contribution < -0.4 is 4.74 Å². The maximum atomic E-state index is 12.7. The summed E-state index contributed by atoms with van der Waals surface area (Å²) in [6.07, 6.45) is 9.42. The quantitative estimate of drug-likeness (QED) is 0.746. The molecule has 6 nitrogen and oxygen atoms in total. The van der Waals surface area contributed by atoms with E-state index in [2.05, 4.69) is 0 Å². The summed E-state index contributed by atoms with van der Waals surface area (Å²) in [5.41, 5.74) is 2.21. The van der Waals surface area contributed by atoms with E-state index >= 15 is 0 Å². The van der Waals surface area contributed by atoms with E-state index in [1.807, 2.05) is 28.0 Å². The number of carbonyl (C=O) groups excluding carboxylic acids is 2. The molecule has 0 N–H and O–H groups in total. The molecule has 1 aliphatic carbocycles. The summed E-state index contributed by atoms with van der Waals surface area (Å²) < 4.78 is 11.8. The standard InChI is InChI=1S/C25H32N2O4/c28-24(26-14-10-18(11-15-26)25(29)27-12-4-1-5-13-27)17-30-19-8-9-23-21(16-19)20-6-2-3-7-22(20)31-23/h8-9,16,18H,1-7,10-15,17H2. The van der Waals surface area contributed by atoms with Crippen LogP contribution in [0.2, 0.25) is 0 Å². The zero-order valence-corrected chi connectivity index (χ0v) is 18.2. The fourth-order valence-corrected chi connectivity index (χ4v) is 5.32. The molecular weight excluding hydrogens is 392 g/mol. The zero-order valence-electron chi connectivity index (χ0n) is 18.2. The van der Waals surface area contributed by atoms with Crippen LogP contribution in [0.1, 0.15) is 56.3 Å². The molecule has 0 unspecified atom stereocenters. The number of carbonyl (C=O) groups is 2. The summed E-state index contributed by atoms with van der Waals surface area (Å²) in [5.74, 6) is 2.18. The normalized spacial score (nSPS) is 20.0. The third-order valence-electron chi connectivity index (χ3n) is 7.15. The first-order chi connectivity index (χ1) is 15.2. The van der Waals surface area contributed by atoms with Crippen LogP contribution in [-0.4, -0.2) is 54.4 Å². The molecule has 166 valence electrons. The minimum atomic E-state index is -0.00168. The fraction of sp³-hybridized carbons (Fsp3) is 0.600. The fourth-order valence-electron chi connectivity index (χ4n) is 5.32. The van der Waals surface area contributed by atoms with Gasteiger partial charge in [-0.3, -0.25) is 9.59 Å². The van der Waals surface area contributed by atoms with E-state index in [9.17, 15) is 9.59 Å². The number of nitrogens with zero attached hydrogens (tertiary/aromatic N) is 2. The van der Waals surface area contributed by atoms with Crippen molar-refractivity contribution in [2.75, 3.05) is 32.8 Å². The third kappa shape index (κ3) is 4.30. The molecule has 0 spiro atoms. The Bertz CT molecular complexity index is 952. The summed E-state index contributed by atoms with van der Waals surface area (Å²) in [6.45, 7) is 3.11. The predicted molar refractivity (Wildman–Crippen MR) is 118 cm³/mol. The molecule has 1 aromatic heterocycles. The Morgan fingerprint density at radius 2 is 1.71 bits per heavy atom. The lowest BCUT2D eigenvalue weighted by molar-refractivity contribution is -0.142. The lowest BCUT2D eigenvalue weighted by Crippen LogP contribution is -2.46. The van der Waals surface area contributed by atoms with Crippen LogP contribution in [0, 0.1) is 5.92 Å². The van der Waals surface area contributed by atoms with Crippen LogP contribution in [0.15, 0.2) is 22.6 Å². The van der Waals surface area contributed by atoms with Gasteiger partial charge in [0.1, 0.15) is 17.1 Å². The van der Waals surface area contributed by atoms with Crippen LogP contribution in [0.5, 0.6) is 5.75 Å². The van der Waals surface area contributed by atoms with Gasteiger partial charge in [-0.25, -0.2) is 0 Å². The minimum Gasteiger partial charge on any atom is -0.484 e. The number of amides is 2. The van der Waals surface area contributed by atoms with Crippen LogP contribution in [0.25, 0.3) is 11.0 Å². The van der Waals surface area contributed by atoms with Gasteiger partial charge in [0.2, 0.25) is 5.91 Å². The second-order valence-corrected chi connectivity index (χ2v) is 9.20. The average Bonchev–Trinajstić information content (AvgIpc) is 3.21. The number of piperidine rings is 2. The molecule has 2 fully saturated rings. The Balaban J connectivity index is 1.14. The maximum Gasteiger partial charge on any atom is 0.260 e. The number of ether oxygens (including phenoxy) is 1. The second kappa shape index (κ2) is 8.93. The SMILES string of the molecule is O=C(COc1ccc2oc3c(c2c1)CCCC3)N1CCC(C(=O)N2CCCCC2)CC1. The van der Waals surface area contributed by atoms with Crippen LogP contribution >= 0.6 is 0 Å². The molecule has 2 aliphatic heterocycles. The van der Waals surface area contributed by atoms with Gasteiger partial charge in [-0.2, -0.15) is 0 Å². The number of hydrogen-bond acceptors (Lipinski definition) is 4. The van der Waals surface area contributed by atoms with Gasteiger partial charge in [-0.1, -0.05) is 0 Å². The summed E-state index contributed by atoms with van der Waals surface area (Å²) in [6, 6.07) is 5.85. The lowest BCUT2D eigenvalue weighted by atomic mass is 9.94. The summed E-state index contributed by atoms with van der Waals surface area (Å²) in [4.78, 5) is 29.3. The molecule has 1 aromatic carbocycles. The Morgan fingerprint density at radius 1 is 0.935 bits per heavy atom. The maximum absolute atomic E-state index is 12.7.